The molecule has 0 saturated carbocycles. The van der Waals surface area contributed by atoms with Gasteiger partial charge in [0.05, 0.1) is 12.3 Å². The fourth-order valence-corrected chi connectivity index (χ4v) is 3.86. The molecule has 0 aliphatic carbocycles. The summed E-state index contributed by atoms with van der Waals surface area (Å²) in [5, 5.41) is 0.385. The number of carbonyl (C=O) groups excluding carboxylic acids is 2. The SMILES string of the molecule is NCC(=O)N1CCCC(SCC(=O)N2CCCC2)C1. The number of piperidine rings is 1. The van der Waals surface area contributed by atoms with Crippen LogP contribution in [0.1, 0.15) is 25.7 Å². The maximum absolute atomic E-state index is 12.0. The quantitative estimate of drug-likeness (QED) is 0.806. The molecular weight excluding hydrogens is 262 g/mol. The molecule has 2 amide bonds. The Kier molecular flexibility index (Phi) is 5.51. The van der Waals surface area contributed by atoms with E-state index in [2.05, 4.69) is 0 Å². The number of thioether (sulfide) groups is 1. The summed E-state index contributed by atoms with van der Waals surface area (Å²) in [6.45, 7) is 3.48. The third-order valence-electron chi connectivity index (χ3n) is 3.81. The van der Waals surface area contributed by atoms with Crippen molar-refractivity contribution in [2.24, 2.45) is 5.73 Å². The third-order valence-corrected chi connectivity index (χ3v) is 5.08. The Balaban J connectivity index is 1.73. The van der Waals surface area contributed by atoms with Gasteiger partial charge in [0, 0.05) is 31.4 Å². The molecule has 2 N–H and O–H groups in total. The number of likely N-dealkylation sites (tertiary alicyclic amines) is 2. The molecule has 19 heavy (non-hydrogen) atoms. The highest BCUT2D eigenvalue weighted by atomic mass is 32.2. The Labute approximate surface area is 118 Å². The van der Waals surface area contributed by atoms with Gasteiger partial charge in [-0.1, -0.05) is 0 Å². The molecule has 2 rings (SSSR count). The van der Waals surface area contributed by atoms with E-state index >= 15 is 0 Å². The second kappa shape index (κ2) is 7.14. The van der Waals surface area contributed by atoms with Crippen LogP contribution in [0.4, 0.5) is 0 Å². The molecule has 2 heterocycles. The second-order valence-corrected chi connectivity index (χ2v) is 6.50. The van der Waals surface area contributed by atoms with E-state index in [9.17, 15) is 9.59 Å². The number of hydrogen-bond donors (Lipinski definition) is 1. The maximum Gasteiger partial charge on any atom is 0.236 e. The fraction of sp³-hybridized carbons (Fsp3) is 0.846. The third kappa shape index (κ3) is 4.11. The summed E-state index contributed by atoms with van der Waals surface area (Å²) >= 11 is 1.70. The highest BCUT2D eigenvalue weighted by Gasteiger charge is 2.25. The van der Waals surface area contributed by atoms with E-state index in [0.717, 1.165) is 51.9 Å². The van der Waals surface area contributed by atoms with E-state index in [0.29, 0.717) is 11.0 Å². The lowest BCUT2D eigenvalue weighted by atomic mass is 10.1. The van der Waals surface area contributed by atoms with Gasteiger partial charge in [-0.05, 0) is 25.7 Å². The van der Waals surface area contributed by atoms with Gasteiger partial charge in [-0.3, -0.25) is 9.59 Å². The molecule has 6 heteroatoms. The van der Waals surface area contributed by atoms with Crippen molar-refractivity contribution in [3.8, 4) is 0 Å². The van der Waals surface area contributed by atoms with Crippen molar-refractivity contribution in [2.75, 3.05) is 38.5 Å². The van der Waals surface area contributed by atoms with Gasteiger partial charge in [0.1, 0.15) is 0 Å². The summed E-state index contributed by atoms with van der Waals surface area (Å²) in [6.07, 6.45) is 4.38. The Morgan fingerprint density at radius 1 is 1.05 bits per heavy atom. The van der Waals surface area contributed by atoms with E-state index in [4.69, 9.17) is 5.73 Å². The molecule has 1 atom stereocenters. The largest absolute Gasteiger partial charge is 0.342 e. The van der Waals surface area contributed by atoms with Gasteiger partial charge in [-0.25, -0.2) is 0 Å². The van der Waals surface area contributed by atoms with Crippen molar-refractivity contribution in [3.63, 3.8) is 0 Å². The van der Waals surface area contributed by atoms with Crippen LogP contribution < -0.4 is 5.73 Å². The minimum Gasteiger partial charge on any atom is -0.342 e. The summed E-state index contributed by atoms with van der Waals surface area (Å²) in [7, 11) is 0. The molecule has 0 radical (unpaired) electrons. The van der Waals surface area contributed by atoms with E-state index < -0.39 is 0 Å². The van der Waals surface area contributed by atoms with Gasteiger partial charge in [0.15, 0.2) is 0 Å². The molecule has 5 nitrogen and oxygen atoms in total. The minimum absolute atomic E-state index is 0.0242. The molecule has 2 saturated heterocycles. The number of carbonyl (C=O) groups is 2. The molecule has 0 spiro atoms. The number of hydrogen-bond acceptors (Lipinski definition) is 4. The molecular formula is C13H23N3O2S. The van der Waals surface area contributed by atoms with Crippen LogP contribution in [-0.2, 0) is 9.59 Å². The van der Waals surface area contributed by atoms with Crippen molar-refractivity contribution < 1.29 is 9.59 Å². The molecule has 2 aliphatic heterocycles. The summed E-state index contributed by atoms with van der Waals surface area (Å²) in [6, 6.07) is 0. The van der Waals surface area contributed by atoms with Gasteiger partial charge in [-0.15, -0.1) is 11.8 Å². The van der Waals surface area contributed by atoms with Crippen LogP contribution in [-0.4, -0.2) is 65.3 Å². The summed E-state index contributed by atoms with van der Waals surface area (Å²) in [4.78, 5) is 27.3. The van der Waals surface area contributed by atoms with Crippen molar-refractivity contribution in [1.82, 2.24) is 9.80 Å². The molecule has 2 aliphatic rings. The van der Waals surface area contributed by atoms with Gasteiger partial charge < -0.3 is 15.5 Å². The van der Waals surface area contributed by atoms with E-state index in [1.165, 1.54) is 0 Å². The highest BCUT2D eigenvalue weighted by Crippen LogP contribution is 2.23. The lowest BCUT2D eigenvalue weighted by Crippen LogP contribution is -2.44. The average Bonchev–Trinajstić information content (AvgIpc) is 2.98. The monoisotopic (exact) mass is 285 g/mol. The van der Waals surface area contributed by atoms with Crippen LogP contribution in [0, 0.1) is 0 Å². The number of amides is 2. The second-order valence-electron chi connectivity index (χ2n) is 5.21. The molecule has 0 aromatic rings. The Morgan fingerprint density at radius 2 is 1.74 bits per heavy atom. The first-order chi connectivity index (χ1) is 9.20. The molecule has 0 aromatic carbocycles. The van der Waals surface area contributed by atoms with Crippen molar-refractivity contribution >= 4 is 23.6 Å². The van der Waals surface area contributed by atoms with E-state index in [-0.39, 0.29) is 18.4 Å². The fourth-order valence-electron chi connectivity index (χ4n) is 2.68. The summed E-state index contributed by atoms with van der Waals surface area (Å²) < 4.78 is 0. The van der Waals surface area contributed by atoms with Crippen LogP contribution in [0.5, 0.6) is 0 Å². The maximum atomic E-state index is 12.0. The number of rotatable bonds is 4. The van der Waals surface area contributed by atoms with Crippen LogP contribution >= 0.6 is 11.8 Å². The van der Waals surface area contributed by atoms with Crippen molar-refractivity contribution in [2.45, 2.75) is 30.9 Å². The molecule has 0 aromatic heterocycles. The highest BCUT2D eigenvalue weighted by molar-refractivity contribution is 8.00. The minimum atomic E-state index is 0.0242. The Hall–Kier alpha value is -0.750. The average molecular weight is 285 g/mol. The lowest BCUT2D eigenvalue weighted by Gasteiger charge is -2.32. The standard InChI is InChI=1S/C13H23N3O2S/c14-8-12(17)16-7-3-4-11(9-16)19-10-13(18)15-5-1-2-6-15/h11H,1-10,14H2. The first-order valence-electron chi connectivity index (χ1n) is 7.08. The van der Waals surface area contributed by atoms with Gasteiger partial charge in [0.2, 0.25) is 11.8 Å². The molecule has 108 valence electrons. The van der Waals surface area contributed by atoms with Gasteiger partial charge >= 0.3 is 0 Å². The van der Waals surface area contributed by atoms with Crippen LogP contribution in [0.25, 0.3) is 0 Å². The summed E-state index contributed by atoms with van der Waals surface area (Å²) in [5.41, 5.74) is 5.39. The number of nitrogens with zero attached hydrogens (tertiary/aromatic N) is 2. The predicted octanol–water partition coefficient (Wildman–Crippen LogP) is 0.292. The smallest absolute Gasteiger partial charge is 0.236 e. The Morgan fingerprint density at radius 3 is 2.42 bits per heavy atom. The lowest BCUT2D eigenvalue weighted by molar-refractivity contribution is -0.130. The Bertz CT molecular complexity index is 332. The zero-order valence-corrected chi connectivity index (χ0v) is 12.2. The molecule has 2 fully saturated rings. The van der Waals surface area contributed by atoms with Gasteiger partial charge in [-0.2, -0.15) is 0 Å². The topological polar surface area (TPSA) is 66.6 Å². The van der Waals surface area contributed by atoms with Crippen LogP contribution in [0.15, 0.2) is 0 Å². The first kappa shape index (κ1) is 14.7. The van der Waals surface area contributed by atoms with E-state index in [1.807, 2.05) is 9.80 Å². The van der Waals surface area contributed by atoms with Crippen molar-refractivity contribution in [1.29, 1.82) is 0 Å². The van der Waals surface area contributed by atoms with E-state index in [1.54, 1.807) is 11.8 Å². The summed E-state index contributed by atoms with van der Waals surface area (Å²) in [5.74, 6) is 0.830. The molecule has 0 bridgehead atoms. The first-order valence-corrected chi connectivity index (χ1v) is 8.13. The zero-order valence-electron chi connectivity index (χ0n) is 11.3. The molecule has 1 unspecified atom stereocenters. The van der Waals surface area contributed by atoms with Gasteiger partial charge in [0.25, 0.3) is 0 Å². The number of nitrogens with two attached hydrogens (primary N) is 1. The normalized spacial score (nSPS) is 23.7. The predicted molar refractivity (Wildman–Crippen MR) is 76.9 cm³/mol. The zero-order chi connectivity index (χ0) is 13.7. The van der Waals surface area contributed by atoms with Crippen LogP contribution in [0.3, 0.4) is 0 Å². The van der Waals surface area contributed by atoms with Crippen molar-refractivity contribution in [3.05, 3.63) is 0 Å². The van der Waals surface area contributed by atoms with Crippen LogP contribution in [0.2, 0.25) is 0 Å².